The third-order valence-corrected chi connectivity index (χ3v) is 3.76. The van der Waals surface area contributed by atoms with E-state index in [1.807, 2.05) is 60.7 Å². The average molecular weight is 322 g/mol. The highest BCUT2D eigenvalue weighted by Crippen LogP contribution is 2.17. The molecule has 0 saturated carbocycles. The van der Waals surface area contributed by atoms with Crippen molar-refractivity contribution in [1.29, 1.82) is 0 Å². The zero-order valence-electron chi connectivity index (χ0n) is 13.1. The molecule has 0 radical (unpaired) electrons. The summed E-state index contributed by atoms with van der Waals surface area (Å²) < 4.78 is 5.74. The molecule has 2 aromatic rings. The molecule has 0 bridgehead atoms. The summed E-state index contributed by atoms with van der Waals surface area (Å²) in [6.45, 7) is 0.983. The number of aldehydes is 1. The van der Waals surface area contributed by atoms with E-state index in [4.69, 9.17) is 4.74 Å². The van der Waals surface area contributed by atoms with Gasteiger partial charge in [0.05, 0.1) is 6.67 Å². The van der Waals surface area contributed by atoms with E-state index in [-0.39, 0.29) is 0 Å². The third kappa shape index (κ3) is 3.88. The maximum Gasteiger partial charge on any atom is 0.218 e. The van der Waals surface area contributed by atoms with Crippen molar-refractivity contribution < 1.29 is 14.3 Å². The van der Waals surface area contributed by atoms with Crippen LogP contribution in [0, 0.1) is 0 Å². The van der Waals surface area contributed by atoms with Gasteiger partial charge in [-0.3, -0.25) is 14.9 Å². The molecule has 1 fully saturated rings. The van der Waals surface area contributed by atoms with E-state index in [2.05, 4.69) is 10.6 Å². The molecule has 2 N–H and O–H groups in total. The first kappa shape index (κ1) is 16.0. The molecule has 122 valence electrons. The molecular formula is C19H18N2O3. The number of hydrogen-bond acceptors (Lipinski definition) is 5. The molecule has 0 spiro atoms. The molecule has 0 aromatic heterocycles. The molecule has 0 amide bonds. The molecule has 5 nitrogen and oxygen atoms in total. The molecule has 1 heterocycles. The van der Waals surface area contributed by atoms with Crippen LogP contribution in [0.1, 0.15) is 11.1 Å². The van der Waals surface area contributed by atoms with E-state index >= 15 is 0 Å². The maximum atomic E-state index is 11.6. The second-order valence-electron chi connectivity index (χ2n) is 5.45. The summed E-state index contributed by atoms with van der Waals surface area (Å²) >= 11 is 0. The van der Waals surface area contributed by atoms with Crippen LogP contribution < -0.4 is 15.4 Å². The van der Waals surface area contributed by atoms with Gasteiger partial charge in [-0.1, -0.05) is 42.5 Å². The van der Waals surface area contributed by atoms with Gasteiger partial charge in [-0.15, -0.1) is 0 Å². The fraction of sp³-hybridized carbons (Fsp3) is 0.158. The lowest BCUT2D eigenvalue weighted by atomic mass is 10.1. The average Bonchev–Trinajstić information content (AvgIpc) is 3.09. The monoisotopic (exact) mass is 322 g/mol. The highest BCUT2D eigenvalue weighted by molar-refractivity contribution is 6.28. The van der Waals surface area contributed by atoms with E-state index in [1.165, 1.54) is 0 Å². The Balaban J connectivity index is 1.65. The minimum absolute atomic E-state index is 0.346. The van der Waals surface area contributed by atoms with Crippen molar-refractivity contribution in [3.8, 4) is 5.75 Å². The Kier molecular flexibility index (Phi) is 5.03. The van der Waals surface area contributed by atoms with Gasteiger partial charge in [0.1, 0.15) is 18.4 Å². The molecule has 2 aromatic carbocycles. The second kappa shape index (κ2) is 7.57. The molecule has 0 aliphatic carbocycles. The minimum Gasteiger partial charge on any atom is -0.489 e. The summed E-state index contributed by atoms with van der Waals surface area (Å²) in [5, 5.41) is 6.01. The quantitative estimate of drug-likeness (QED) is 0.628. The number of rotatable bonds is 6. The van der Waals surface area contributed by atoms with Gasteiger partial charge in [0.25, 0.3) is 0 Å². The predicted octanol–water partition coefficient (Wildman–Crippen LogP) is 1.89. The molecule has 1 saturated heterocycles. The zero-order valence-corrected chi connectivity index (χ0v) is 13.1. The Labute approximate surface area is 140 Å². The Morgan fingerprint density at radius 1 is 1.12 bits per heavy atom. The molecule has 1 aliphatic rings. The van der Waals surface area contributed by atoms with E-state index in [1.54, 1.807) is 0 Å². The second-order valence-corrected chi connectivity index (χ2v) is 5.45. The third-order valence-electron chi connectivity index (χ3n) is 3.76. The Bertz CT molecular complexity index is 739. The summed E-state index contributed by atoms with van der Waals surface area (Å²) in [6, 6.07) is 17.0. The number of Topliss-reactive ketones (excluding diaryl/α,β-unsaturated/α-hetero) is 1. The molecule has 1 atom stereocenters. The number of nitrogens with one attached hydrogen (secondary N) is 2. The summed E-state index contributed by atoms with van der Waals surface area (Å²) in [5.74, 6) is 0.299. The van der Waals surface area contributed by atoms with E-state index in [9.17, 15) is 9.59 Å². The first-order valence-corrected chi connectivity index (χ1v) is 7.71. The van der Waals surface area contributed by atoms with E-state index < -0.39 is 11.8 Å². The number of carbonyl (C=O) groups excluding carboxylic acids is 2. The maximum absolute atomic E-state index is 11.6. The molecule has 5 heteroatoms. The van der Waals surface area contributed by atoms with Gasteiger partial charge in [-0.2, -0.15) is 0 Å². The van der Waals surface area contributed by atoms with Crippen LogP contribution in [0.4, 0.5) is 0 Å². The van der Waals surface area contributed by atoms with Gasteiger partial charge in [-0.25, -0.2) is 0 Å². The Morgan fingerprint density at radius 3 is 2.58 bits per heavy atom. The molecule has 1 unspecified atom stereocenters. The van der Waals surface area contributed by atoms with Crippen molar-refractivity contribution in [2.45, 2.75) is 12.6 Å². The largest absolute Gasteiger partial charge is 0.489 e. The van der Waals surface area contributed by atoms with E-state index in [0.717, 1.165) is 16.9 Å². The number of carbonyl (C=O) groups is 2. The molecule has 24 heavy (non-hydrogen) atoms. The number of ketones is 1. The van der Waals surface area contributed by atoms with Crippen LogP contribution in [0.25, 0.3) is 6.08 Å². The van der Waals surface area contributed by atoms with Crippen molar-refractivity contribution in [2.75, 3.05) is 6.67 Å². The summed E-state index contributed by atoms with van der Waals surface area (Å²) in [6.07, 6.45) is 2.20. The number of hydrogen-bond donors (Lipinski definition) is 2. The molecule has 3 rings (SSSR count). The smallest absolute Gasteiger partial charge is 0.218 e. The van der Waals surface area contributed by atoms with Gasteiger partial charge < -0.3 is 10.1 Å². The van der Waals surface area contributed by atoms with Crippen LogP contribution >= 0.6 is 0 Å². The van der Waals surface area contributed by atoms with Gasteiger partial charge in [-0.05, 0) is 29.3 Å². The first-order valence-electron chi connectivity index (χ1n) is 7.71. The van der Waals surface area contributed by atoms with Crippen molar-refractivity contribution in [2.24, 2.45) is 0 Å². The lowest BCUT2D eigenvalue weighted by molar-refractivity contribution is -0.130. The lowest BCUT2D eigenvalue weighted by Gasteiger charge is -2.08. The van der Waals surface area contributed by atoms with Gasteiger partial charge in [0, 0.05) is 5.70 Å². The summed E-state index contributed by atoms with van der Waals surface area (Å²) in [7, 11) is 0. The summed E-state index contributed by atoms with van der Waals surface area (Å²) in [4.78, 5) is 22.2. The standard InChI is InChI=1S/C19H18N2O3/c22-11-18(23)19-17(20-13-21-19)10-14-6-8-16(9-7-14)24-12-15-4-2-1-3-5-15/h1-11,19-21H,12-13H2. The topological polar surface area (TPSA) is 67.4 Å². The van der Waals surface area contributed by atoms with Crippen LogP contribution in [-0.2, 0) is 16.2 Å². The van der Waals surface area contributed by atoms with Crippen molar-refractivity contribution in [1.82, 2.24) is 10.6 Å². The van der Waals surface area contributed by atoms with Gasteiger partial charge in [0.15, 0.2) is 6.29 Å². The first-order chi connectivity index (χ1) is 11.8. The van der Waals surface area contributed by atoms with Crippen molar-refractivity contribution in [3.63, 3.8) is 0 Å². The number of ether oxygens (including phenoxy) is 1. The predicted molar refractivity (Wildman–Crippen MR) is 91.2 cm³/mol. The van der Waals surface area contributed by atoms with Crippen LogP contribution in [0.3, 0.4) is 0 Å². The lowest BCUT2D eigenvalue weighted by Crippen LogP contribution is -2.32. The van der Waals surface area contributed by atoms with Crippen molar-refractivity contribution in [3.05, 3.63) is 71.4 Å². The van der Waals surface area contributed by atoms with Gasteiger partial charge >= 0.3 is 0 Å². The van der Waals surface area contributed by atoms with Crippen LogP contribution in [0.2, 0.25) is 0 Å². The van der Waals surface area contributed by atoms with Crippen LogP contribution in [0.15, 0.2) is 60.3 Å². The minimum atomic E-state index is -0.587. The summed E-state index contributed by atoms with van der Waals surface area (Å²) in [5.41, 5.74) is 2.74. The fourth-order valence-electron chi connectivity index (χ4n) is 2.50. The fourth-order valence-corrected chi connectivity index (χ4v) is 2.50. The van der Waals surface area contributed by atoms with Crippen LogP contribution in [0.5, 0.6) is 5.75 Å². The normalized spacial score (nSPS) is 18.2. The van der Waals surface area contributed by atoms with E-state index in [0.29, 0.717) is 25.3 Å². The number of benzene rings is 2. The zero-order chi connectivity index (χ0) is 16.8. The molecular weight excluding hydrogens is 304 g/mol. The SMILES string of the molecule is O=CC(=O)C1NCNC1=Cc1ccc(OCc2ccccc2)cc1. The van der Waals surface area contributed by atoms with Gasteiger partial charge in [0.2, 0.25) is 5.78 Å². The highest BCUT2D eigenvalue weighted by atomic mass is 16.5. The van der Waals surface area contributed by atoms with Crippen LogP contribution in [-0.4, -0.2) is 24.8 Å². The molecule has 1 aliphatic heterocycles. The highest BCUT2D eigenvalue weighted by Gasteiger charge is 2.26. The Hall–Kier alpha value is -2.92. The van der Waals surface area contributed by atoms with Crippen molar-refractivity contribution >= 4 is 18.1 Å². The Morgan fingerprint density at radius 2 is 1.88 bits per heavy atom.